The Labute approximate surface area is 246 Å². The molecule has 0 spiro atoms. The summed E-state index contributed by atoms with van der Waals surface area (Å²) in [6.07, 6.45) is -0.175. The molecule has 0 N–H and O–H groups in total. The summed E-state index contributed by atoms with van der Waals surface area (Å²) in [5, 5.41) is 0. The summed E-state index contributed by atoms with van der Waals surface area (Å²) in [6, 6.07) is 24.2. The van der Waals surface area contributed by atoms with Gasteiger partial charge in [-0.15, -0.1) is 0 Å². The Hall–Kier alpha value is -4.01. The Morgan fingerprint density at radius 3 is 2.17 bits per heavy atom. The number of rotatable bonds is 9. The largest absolute Gasteiger partial charge is 0.459 e. The molecule has 3 aromatic carbocycles. The molecule has 42 heavy (non-hydrogen) atoms. The fourth-order valence-corrected chi connectivity index (χ4v) is 5.23. The van der Waals surface area contributed by atoms with Crippen molar-refractivity contribution in [1.29, 1.82) is 0 Å². The molecular weight excluding hydrogens is 534 g/mol. The molecule has 8 heteroatoms. The standard InChI is InChI=1S/C34H37NO7/c1-23-8-12-26(13-9-23)33(37)40-22-30-29(42-34(38)27-14-10-24(2)11-15-27)20-32(41-30)35-19-18-28(16-17-31(35)36)39-21-25-6-4-3-5-7-25/h3-15,28-30,32H,16-22H2,1-2H3/t28-,29-,30+,32-/m0/s1. The average Bonchev–Trinajstić information content (AvgIpc) is 3.29. The molecule has 2 aliphatic rings. The summed E-state index contributed by atoms with van der Waals surface area (Å²) in [5.41, 5.74) is 4.00. The zero-order valence-corrected chi connectivity index (χ0v) is 24.1. The minimum absolute atomic E-state index is 0.0354. The van der Waals surface area contributed by atoms with Crippen LogP contribution in [-0.2, 0) is 30.3 Å². The maximum atomic E-state index is 13.2. The predicted molar refractivity (Wildman–Crippen MR) is 156 cm³/mol. The highest BCUT2D eigenvalue weighted by atomic mass is 16.6. The fraction of sp³-hybridized carbons (Fsp3) is 0.382. The van der Waals surface area contributed by atoms with Gasteiger partial charge < -0.3 is 23.8 Å². The second-order valence-electron chi connectivity index (χ2n) is 11.0. The normalized spacial score (nSPS) is 22.4. The van der Waals surface area contributed by atoms with Gasteiger partial charge in [0.2, 0.25) is 5.91 Å². The molecule has 0 aromatic heterocycles. The van der Waals surface area contributed by atoms with E-state index >= 15 is 0 Å². The van der Waals surface area contributed by atoms with Crippen molar-refractivity contribution < 1.29 is 33.3 Å². The van der Waals surface area contributed by atoms with Crippen molar-refractivity contribution in [3.63, 3.8) is 0 Å². The van der Waals surface area contributed by atoms with Crippen LogP contribution in [0.1, 0.15) is 63.1 Å². The summed E-state index contributed by atoms with van der Waals surface area (Å²) < 4.78 is 23.9. The van der Waals surface area contributed by atoms with Crippen molar-refractivity contribution in [1.82, 2.24) is 4.90 Å². The summed E-state index contributed by atoms with van der Waals surface area (Å²) >= 11 is 0. The molecule has 2 heterocycles. The van der Waals surface area contributed by atoms with Crippen LogP contribution in [0.5, 0.6) is 0 Å². The molecule has 2 aliphatic heterocycles. The van der Waals surface area contributed by atoms with Gasteiger partial charge in [-0.05, 0) is 56.5 Å². The molecule has 4 atom stereocenters. The number of likely N-dealkylation sites (tertiary alicyclic amines) is 1. The topological polar surface area (TPSA) is 91.4 Å². The Balaban J connectivity index is 1.24. The Bertz CT molecular complexity index is 1360. The summed E-state index contributed by atoms with van der Waals surface area (Å²) in [6.45, 7) is 4.72. The van der Waals surface area contributed by atoms with Gasteiger partial charge >= 0.3 is 11.9 Å². The molecule has 0 radical (unpaired) electrons. The third-order valence-electron chi connectivity index (χ3n) is 7.76. The molecule has 220 valence electrons. The maximum Gasteiger partial charge on any atom is 0.338 e. The first-order chi connectivity index (χ1) is 20.4. The van der Waals surface area contributed by atoms with E-state index in [-0.39, 0.29) is 25.0 Å². The molecule has 3 aromatic rings. The molecule has 5 rings (SSSR count). The molecule has 0 saturated carbocycles. The fourth-order valence-electron chi connectivity index (χ4n) is 5.23. The van der Waals surface area contributed by atoms with Crippen molar-refractivity contribution in [2.75, 3.05) is 13.2 Å². The molecule has 1 amide bonds. The SMILES string of the molecule is Cc1ccc(C(=O)OC[C@H]2O[C@H](N3CC[C@@H](OCc4ccccc4)CCC3=O)C[C@@H]2OC(=O)c2ccc(C)cc2)cc1. The van der Waals surface area contributed by atoms with E-state index in [0.717, 1.165) is 16.7 Å². The smallest absolute Gasteiger partial charge is 0.338 e. The third kappa shape index (κ3) is 7.63. The quantitative estimate of drug-likeness (QED) is 0.318. The molecule has 0 aliphatic carbocycles. The minimum atomic E-state index is -0.722. The van der Waals surface area contributed by atoms with Gasteiger partial charge in [0.25, 0.3) is 0 Å². The van der Waals surface area contributed by atoms with Crippen LogP contribution in [0, 0.1) is 13.8 Å². The molecule has 2 fully saturated rings. The number of ether oxygens (including phenoxy) is 4. The highest BCUT2D eigenvalue weighted by Gasteiger charge is 2.43. The first-order valence-corrected chi connectivity index (χ1v) is 14.5. The van der Waals surface area contributed by atoms with E-state index in [1.807, 2.05) is 68.4 Å². The van der Waals surface area contributed by atoms with Gasteiger partial charge in [0.15, 0.2) is 0 Å². The van der Waals surface area contributed by atoms with Gasteiger partial charge in [0, 0.05) is 19.4 Å². The Kier molecular flexibility index (Phi) is 9.66. The number of aryl methyl sites for hydroxylation is 2. The van der Waals surface area contributed by atoms with Crippen LogP contribution in [-0.4, -0.2) is 60.4 Å². The number of esters is 2. The van der Waals surface area contributed by atoms with E-state index in [1.165, 1.54) is 0 Å². The number of hydrogen-bond acceptors (Lipinski definition) is 7. The van der Waals surface area contributed by atoms with Gasteiger partial charge in [-0.3, -0.25) is 4.79 Å². The average molecular weight is 572 g/mol. The molecule has 2 saturated heterocycles. The number of carbonyl (C=O) groups excluding carboxylic acids is 3. The van der Waals surface area contributed by atoms with E-state index in [0.29, 0.717) is 43.5 Å². The number of carbonyl (C=O) groups is 3. The van der Waals surface area contributed by atoms with Crippen LogP contribution in [0.3, 0.4) is 0 Å². The van der Waals surface area contributed by atoms with Crippen LogP contribution in [0.25, 0.3) is 0 Å². The van der Waals surface area contributed by atoms with Crippen molar-refractivity contribution in [3.05, 3.63) is 107 Å². The van der Waals surface area contributed by atoms with E-state index in [2.05, 4.69) is 0 Å². The van der Waals surface area contributed by atoms with Gasteiger partial charge in [-0.2, -0.15) is 0 Å². The van der Waals surface area contributed by atoms with Crippen LogP contribution in [0.4, 0.5) is 0 Å². The van der Waals surface area contributed by atoms with Crippen LogP contribution in [0.2, 0.25) is 0 Å². The van der Waals surface area contributed by atoms with E-state index in [9.17, 15) is 14.4 Å². The summed E-state index contributed by atoms with van der Waals surface area (Å²) in [5.74, 6) is -1.02. The van der Waals surface area contributed by atoms with Gasteiger partial charge in [0.05, 0.1) is 23.8 Å². The highest BCUT2D eigenvalue weighted by molar-refractivity contribution is 5.90. The van der Waals surface area contributed by atoms with Crippen molar-refractivity contribution in [2.24, 2.45) is 0 Å². The number of amides is 1. The Morgan fingerprint density at radius 1 is 0.857 bits per heavy atom. The number of hydrogen-bond donors (Lipinski definition) is 0. The van der Waals surface area contributed by atoms with Crippen molar-refractivity contribution in [2.45, 2.75) is 70.7 Å². The van der Waals surface area contributed by atoms with E-state index in [4.69, 9.17) is 18.9 Å². The molecule has 0 unspecified atom stereocenters. The van der Waals surface area contributed by atoms with Crippen LogP contribution in [0.15, 0.2) is 78.9 Å². The third-order valence-corrected chi connectivity index (χ3v) is 7.76. The predicted octanol–water partition coefficient (Wildman–Crippen LogP) is 5.40. The first kappa shape index (κ1) is 29.5. The monoisotopic (exact) mass is 571 g/mol. The van der Waals surface area contributed by atoms with E-state index < -0.39 is 30.4 Å². The van der Waals surface area contributed by atoms with E-state index in [1.54, 1.807) is 29.2 Å². The zero-order valence-electron chi connectivity index (χ0n) is 24.1. The lowest BCUT2D eigenvalue weighted by Gasteiger charge is -2.27. The lowest BCUT2D eigenvalue weighted by molar-refractivity contribution is -0.146. The van der Waals surface area contributed by atoms with Gasteiger partial charge in [0.1, 0.15) is 25.0 Å². The van der Waals surface area contributed by atoms with Crippen molar-refractivity contribution >= 4 is 17.8 Å². The lowest BCUT2D eigenvalue weighted by Crippen LogP contribution is -2.40. The minimum Gasteiger partial charge on any atom is -0.459 e. The number of benzene rings is 3. The van der Waals surface area contributed by atoms with Gasteiger partial charge in [-0.25, -0.2) is 9.59 Å². The summed E-state index contributed by atoms with van der Waals surface area (Å²) in [7, 11) is 0. The van der Waals surface area contributed by atoms with Gasteiger partial charge in [-0.1, -0.05) is 65.7 Å². The maximum absolute atomic E-state index is 13.2. The summed E-state index contributed by atoms with van der Waals surface area (Å²) in [4.78, 5) is 40.6. The van der Waals surface area contributed by atoms with Crippen LogP contribution < -0.4 is 0 Å². The number of nitrogens with zero attached hydrogens (tertiary/aromatic N) is 1. The first-order valence-electron chi connectivity index (χ1n) is 14.5. The second-order valence-corrected chi connectivity index (χ2v) is 11.0. The van der Waals surface area contributed by atoms with Crippen molar-refractivity contribution in [3.8, 4) is 0 Å². The Morgan fingerprint density at radius 2 is 1.50 bits per heavy atom. The molecule has 0 bridgehead atoms. The zero-order chi connectivity index (χ0) is 29.5. The highest BCUT2D eigenvalue weighted by Crippen LogP contribution is 2.30. The molecule has 8 nitrogen and oxygen atoms in total. The van der Waals surface area contributed by atoms with Crippen LogP contribution >= 0.6 is 0 Å². The molecular formula is C34H37NO7. The second kappa shape index (κ2) is 13.8. The lowest BCUT2D eigenvalue weighted by atomic mass is 10.1.